The van der Waals surface area contributed by atoms with E-state index in [2.05, 4.69) is 6.07 Å². The van der Waals surface area contributed by atoms with Gasteiger partial charge in [-0.15, -0.1) is 0 Å². The third-order valence-electron chi connectivity index (χ3n) is 5.07. The Bertz CT molecular complexity index is 1210. The summed E-state index contributed by atoms with van der Waals surface area (Å²) in [4.78, 5) is 27.1. The molecule has 0 aliphatic carbocycles. The highest BCUT2D eigenvalue weighted by atomic mass is 35.5. The van der Waals surface area contributed by atoms with Crippen molar-refractivity contribution in [3.8, 4) is 6.07 Å². The fourth-order valence-electron chi connectivity index (χ4n) is 3.54. The van der Waals surface area contributed by atoms with E-state index in [-0.39, 0.29) is 17.4 Å². The number of nitriles is 1. The van der Waals surface area contributed by atoms with Gasteiger partial charge in [-0.25, -0.2) is 0 Å². The van der Waals surface area contributed by atoms with Crippen LogP contribution < -0.4 is 10.5 Å². The summed E-state index contributed by atoms with van der Waals surface area (Å²) in [7, 11) is 1.63. The third kappa shape index (κ3) is 3.76. The number of carbonyl (C=O) groups is 1. The quantitative estimate of drug-likeness (QED) is 0.614. The maximum atomic E-state index is 13.2. The number of fused-ring (bicyclic) bond motifs is 1. The first-order valence-corrected chi connectivity index (χ1v) is 9.81. The van der Waals surface area contributed by atoms with Crippen LogP contribution in [0.25, 0.3) is 10.9 Å². The van der Waals surface area contributed by atoms with E-state index in [9.17, 15) is 14.9 Å². The second kappa shape index (κ2) is 8.10. The lowest BCUT2D eigenvalue weighted by Crippen LogP contribution is -2.27. The molecule has 0 spiro atoms. The Balaban J connectivity index is 2.14. The Kier molecular flexibility index (Phi) is 5.76. The molecule has 2 aromatic carbocycles. The predicted molar refractivity (Wildman–Crippen MR) is 117 cm³/mol. The van der Waals surface area contributed by atoms with Crippen LogP contribution in [0.2, 0.25) is 5.02 Å². The van der Waals surface area contributed by atoms with Gasteiger partial charge in [-0.1, -0.05) is 25.4 Å². The lowest BCUT2D eigenvalue weighted by Gasteiger charge is -2.20. The zero-order chi connectivity index (χ0) is 21.3. The van der Waals surface area contributed by atoms with Crippen LogP contribution in [0.1, 0.15) is 48.2 Å². The highest BCUT2D eigenvalue weighted by Gasteiger charge is 2.19. The SMILES string of the molecule is CCn1c(=O)cc(C(C)C)c2cc(C(=O)N(C)c3ccc(Cl)cc3C#N)ccc21. The average molecular weight is 408 g/mol. The first-order valence-electron chi connectivity index (χ1n) is 9.43. The molecule has 0 bridgehead atoms. The van der Waals surface area contributed by atoms with Gasteiger partial charge in [-0.3, -0.25) is 9.59 Å². The number of nitrogens with zero attached hydrogens (tertiary/aromatic N) is 3. The molecule has 0 aliphatic rings. The Labute approximate surface area is 174 Å². The molecule has 0 unspecified atom stereocenters. The molecule has 0 fully saturated rings. The van der Waals surface area contributed by atoms with Crippen LogP contribution in [0.3, 0.4) is 0 Å². The van der Waals surface area contributed by atoms with Crippen molar-refractivity contribution < 1.29 is 4.79 Å². The van der Waals surface area contributed by atoms with Crippen LogP contribution in [0, 0.1) is 11.3 Å². The summed E-state index contributed by atoms with van der Waals surface area (Å²) in [6.45, 7) is 6.53. The maximum absolute atomic E-state index is 13.2. The fraction of sp³-hybridized carbons (Fsp3) is 0.261. The van der Waals surface area contributed by atoms with Crippen LogP contribution >= 0.6 is 11.6 Å². The summed E-state index contributed by atoms with van der Waals surface area (Å²) in [5.41, 5.74) is 2.99. The Morgan fingerprint density at radius 3 is 2.55 bits per heavy atom. The molecule has 0 saturated heterocycles. The molecular formula is C23H22ClN3O2. The summed E-state index contributed by atoms with van der Waals surface area (Å²) < 4.78 is 1.70. The summed E-state index contributed by atoms with van der Waals surface area (Å²) in [6, 6.07) is 14.0. The number of hydrogen-bond donors (Lipinski definition) is 0. The molecule has 0 saturated carbocycles. The van der Waals surface area contributed by atoms with Gasteiger partial charge in [0.05, 0.1) is 16.8 Å². The lowest BCUT2D eigenvalue weighted by molar-refractivity contribution is 0.0993. The number of pyridine rings is 1. The van der Waals surface area contributed by atoms with Gasteiger partial charge in [0.1, 0.15) is 6.07 Å². The minimum Gasteiger partial charge on any atom is -0.310 e. The van der Waals surface area contributed by atoms with Crippen molar-refractivity contribution >= 4 is 34.1 Å². The van der Waals surface area contributed by atoms with E-state index >= 15 is 0 Å². The van der Waals surface area contributed by atoms with Crippen molar-refractivity contribution in [1.29, 1.82) is 5.26 Å². The minimum absolute atomic E-state index is 0.0419. The molecule has 5 nitrogen and oxygen atoms in total. The first kappa shape index (κ1) is 20.6. The van der Waals surface area contributed by atoms with Crippen LogP contribution in [-0.4, -0.2) is 17.5 Å². The smallest absolute Gasteiger partial charge is 0.258 e. The zero-order valence-electron chi connectivity index (χ0n) is 16.9. The van der Waals surface area contributed by atoms with Crippen molar-refractivity contribution in [1.82, 2.24) is 4.57 Å². The largest absolute Gasteiger partial charge is 0.310 e. The topological polar surface area (TPSA) is 66.1 Å². The zero-order valence-corrected chi connectivity index (χ0v) is 17.6. The van der Waals surface area contributed by atoms with Gasteiger partial charge in [-0.05, 0) is 54.8 Å². The number of anilines is 1. The van der Waals surface area contributed by atoms with Gasteiger partial charge in [0, 0.05) is 35.6 Å². The van der Waals surface area contributed by atoms with Gasteiger partial charge in [0.15, 0.2) is 0 Å². The normalized spacial score (nSPS) is 10.9. The van der Waals surface area contributed by atoms with Crippen LogP contribution in [0.5, 0.6) is 0 Å². The van der Waals surface area contributed by atoms with E-state index in [4.69, 9.17) is 11.6 Å². The maximum Gasteiger partial charge on any atom is 0.258 e. The molecule has 6 heteroatoms. The van der Waals surface area contributed by atoms with Gasteiger partial charge in [0.25, 0.3) is 11.5 Å². The van der Waals surface area contributed by atoms with Crippen molar-refractivity contribution in [2.24, 2.45) is 0 Å². The molecule has 1 aromatic heterocycles. The molecule has 0 radical (unpaired) electrons. The molecule has 3 rings (SSSR count). The fourth-order valence-corrected chi connectivity index (χ4v) is 3.71. The molecule has 3 aromatic rings. The molecule has 1 heterocycles. The number of carbonyl (C=O) groups excluding carboxylic acids is 1. The monoisotopic (exact) mass is 407 g/mol. The molecular weight excluding hydrogens is 386 g/mol. The van der Waals surface area contributed by atoms with E-state index in [1.807, 2.05) is 32.9 Å². The van der Waals surface area contributed by atoms with Gasteiger partial charge in [0.2, 0.25) is 0 Å². The highest BCUT2D eigenvalue weighted by Crippen LogP contribution is 2.28. The van der Waals surface area contributed by atoms with E-state index in [1.165, 1.54) is 11.0 Å². The van der Waals surface area contributed by atoms with Gasteiger partial charge >= 0.3 is 0 Å². The molecule has 29 heavy (non-hydrogen) atoms. The van der Waals surface area contributed by atoms with Crippen molar-refractivity contribution in [2.45, 2.75) is 33.2 Å². The van der Waals surface area contributed by atoms with Crippen LogP contribution in [0.15, 0.2) is 47.3 Å². The second-order valence-corrected chi connectivity index (χ2v) is 7.64. The standard InChI is InChI=1S/C23H22ClN3O2/c1-5-27-21-8-6-15(11-19(21)18(14(2)3)12-22(27)28)23(29)26(4)20-9-7-17(24)10-16(20)13-25/h6-12,14H,5H2,1-4H3. The lowest BCUT2D eigenvalue weighted by atomic mass is 9.97. The number of hydrogen-bond acceptors (Lipinski definition) is 3. The third-order valence-corrected chi connectivity index (χ3v) is 5.31. The Morgan fingerprint density at radius 1 is 1.21 bits per heavy atom. The van der Waals surface area contributed by atoms with Crippen molar-refractivity contribution in [3.05, 3.63) is 74.5 Å². The minimum atomic E-state index is -0.241. The number of benzene rings is 2. The Hall–Kier alpha value is -3.10. The average Bonchev–Trinajstić information content (AvgIpc) is 2.71. The van der Waals surface area contributed by atoms with E-state index < -0.39 is 0 Å². The Morgan fingerprint density at radius 2 is 1.93 bits per heavy atom. The van der Waals surface area contributed by atoms with Gasteiger partial charge < -0.3 is 9.47 Å². The number of amides is 1. The van der Waals surface area contributed by atoms with Crippen LogP contribution in [0.4, 0.5) is 5.69 Å². The number of halogens is 1. The molecule has 0 aliphatic heterocycles. The molecule has 0 N–H and O–H groups in total. The number of rotatable bonds is 4. The molecule has 148 valence electrons. The summed E-state index contributed by atoms with van der Waals surface area (Å²) in [6.07, 6.45) is 0. The summed E-state index contributed by atoms with van der Waals surface area (Å²) in [5, 5.41) is 10.7. The van der Waals surface area contributed by atoms with E-state index in [0.29, 0.717) is 28.4 Å². The van der Waals surface area contributed by atoms with Crippen molar-refractivity contribution in [2.75, 3.05) is 11.9 Å². The number of aryl methyl sites for hydroxylation is 1. The highest BCUT2D eigenvalue weighted by molar-refractivity contribution is 6.30. The van der Waals surface area contributed by atoms with E-state index in [1.54, 1.807) is 35.9 Å². The predicted octanol–water partition coefficient (Wildman–Crippen LogP) is 4.95. The first-order chi connectivity index (χ1) is 13.8. The van der Waals surface area contributed by atoms with Crippen molar-refractivity contribution in [3.63, 3.8) is 0 Å². The van der Waals surface area contributed by atoms with Gasteiger partial charge in [-0.2, -0.15) is 5.26 Å². The van der Waals surface area contributed by atoms with E-state index in [0.717, 1.165) is 16.5 Å². The summed E-state index contributed by atoms with van der Waals surface area (Å²) >= 11 is 5.97. The second-order valence-electron chi connectivity index (χ2n) is 7.21. The van der Waals surface area contributed by atoms with Crippen LogP contribution in [-0.2, 0) is 6.54 Å². The number of aromatic nitrogens is 1. The molecule has 0 atom stereocenters. The molecule has 1 amide bonds. The summed E-state index contributed by atoms with van der Waals surface area (Å²) in [5.74, 6) is -0.101.